The monoisotopic (exact) mass is 505 g/mol. The molecule has 1 saturated heterocycles. The summed E-state index contributed by atoms with van der Waals surface area (Å²) in [6.45, 7) is 4.13. The molecular formula is C25H36FN5O3S. The molecule has 8 nitrogen and oxygen atoms in total. The average Bonchev–Trinajstić information content (AvgIpc) is 2.87. The number of hydrogen-bond donors (Lipinski definition) is 2. The molecule has 0 spiro atoms. The van der Waals surface area contributed by atoms with Gasteiger partial charge in [-0.25, -0.2) is 9.11 Å². The van der Waals surface area contributed by atoms with E-state index in [1.165, 1.54) is 6.07 Å². The van der Waals surface area contributed by atoms with Gasteiger partial charge in [0.25, 0.3) is 10.2 Å². The summed E-state index contributed by atoms with van der Waals surface area (Å²) >= 11 is 0. The number of nitrogens with zero attached hydrogens (tertiary/aromatic N) is 3. The van der Waals surface area contributed by atoms with E-state index in [1.54, 1.807) is 18.3 Å². The summed E-state index contributed by atoms with van der Waals surface area (Å²) in [6, 6.07) is 10.4. The number of benzene rings is 1. The minimum absolute atomic E-state index is 0.0232. The molecule has 1 aliphatic heterocycles. The summed E-state index contributed by atoms with van der Waals surface area (Å²) in [4.78, 5) is 2.14. The molecule has 1 aromatic carbocycles. The Hall–Kier alpha value is -2.14. The van der Waals surface area contributed by atoms with Gasteiger partial charge in [0.15, 0.2) is 5.82 Å². The Balaban J connectivity index is 1.36. The van der Waals surface area contributed by atoms with Crippen LogP contribution in [0.15, 0.2) is 42.6 Å². The minimum atomic E-state index is -3.58. The summed E-state index contributed by atoms with van der Waals surface area (Å²) < 4.78 is 50.5. The number of halogens is 1. The van der Waals surface area contributed by atoms with Gasteiger partial charge in [-0.1, -0.05) is 19.1 Å². The smallest absolute Gasteiger partial charge is 0.277 e. The van der Waals surface area contributed by atoms with Crippen LogP contribution >= 0.6 is 0 Å². The normalized spacial score (nSPS) is 25.5. The number of aromatic nitrogens is 2. The van der Waals surface area contributed by atoms with Crippen molar-refractivity contribution in [1.29, 1.82) is 0 Å². The highest BCUT2D eigenvalue weighted by molar-refractivity contribution is 7.87. The highest BCUT2D eigenvalue weighted by Gasteiger charge is 2.34. The number of ether oxygens (including phenoxy) is 1. The van der Waals surface area contributed by atoms with Crippen LogP contribution < -0.4 is 14.3 Å². The lowest BCUT2D eigenvalue weighted by Crippen LogP contribution is -2.55. The van der Waals surface area contributed by atoms with E-state index in [4.69, 9.17) is 4.74 Å². The van der Waals surface area contributed by atoms with Crippen molar-refractivity contribution in [2.75, 3.05) is 31.1 Å². The summed E-state index contributed by atoms with van der Waals surface area (Å²) in [7, 11) is -3.58. The highest BCUT2D eigenvalue weighted by Crippen LogP contribution is 2.34. The first kappa shape index (κ1) is 25.9. The molecule has 0 unspecified atom stereocenters. The van der Waals surface area contributed by atoms with Gasteiger partial charge in [0.2, 0.25) is 0 Å². The number of piperidine rings is 1. The predicted molar refractivity (Wildman–Crippen MR) is 134 cm³/mol. The van der Waals surface area contributed by atoms with E-state index in [0.717, 1.165) is 43.5 Å². The Kier molecular flexibility index (Phi) is 9.04. The van der Waals surface area contributed by atoms with E-state index >= 15 is 0 Å². The summed E-state index contributed by atoms with van der Waals surface area (Å²) in [6.07, 6.45) is 6.91. The van der Waals surface area contributed by atoms with Crippen molar-refractivity contribution in [2.24, 2.45) is 5.92 Å². The molecule has 2 aliphatic rings. The van der Waals surface area contributed by atoms with Crippen molar-refractivity contribution in [1.82, 2.24) is 19.6 Å². The first-order valence-corrected chi connectivity index (χ1v) is 14.1. The van der Waals surface area contributed by atoms with Crippen LogP contribution in [-0.4, -0.2) is 57.0 Å². The zero-order valence-corrected chi connectivity index (χ0v) is 21.1. The molecule has 1 aromatic heterocycles. The number of hydrogen-bond acceptors (Lipinski definition) is 6. The van der Waals surface area contributed by atoms with Crippen molar-refractivity contribution in [2.45, 2.75) is 63.5 Å². The molecule has 10 heteroatoms. The maximum Gasteiger partial charge on any atom is 0.277 e. The van der Waals surface area contributed by atoms with Crippen LogP contribution in [0, 0.1) is 11.7 Å². The molecular weight excluding hydrogens is 469 g/mol. The third-order valence-corrected chi connectivity index (χ3v) is 8.20. The molecule has 1 saturated carbocycles. The van der Waals surface area contributed by atoms with Gasteiger partial charge >= 0.3 is 0 Å². The summed E-state index contributed by atoms with van der Waals surface area (Å²) in [5.41, 5.74) is 1.06. The topological polar surface area (TPSA) is 96.5 Å². The van der Waals surface area contributed by atoms with Crippen molar-refractivity contribution < 1.29 is 17.5 Å². The Labute approximate surface area is 207 Å². The minimum Gasteiger partial charge on any atom is -0.378 e. The molecule has 0 bridgehead atoms. The highest BCUT2D eigenvalue weighted by atomic mass is 32.2. The van der Waals surface area contributed by atoms with Crippen molar-refractivity contribution >= 4 is 16.0 Å². The summed E-state index contributed by atoms with van der Waals surface area (Å²) in [5.74, 6) is 0.938. The molecule has 4 rings (SSSR count). The van der Waals surface area contributed by atoms with Gasteiger partial charge in [-0.05, 0) is 74.3 Å². The van der Waals surface area contributed by atoms with Crippen molar-refractivity contribution in [3.63, 3.8) is 0 Å². The fourth-order valence-electron chi connectivity index (χ4n) is 5.09. The van der Waals surface area contributed by atoms with Crippen LogP contribution in [-0.2, 0) is 14.9 Å². The van der Waals surface area contributed by atoms with Crippen LogP contribution in [0.3, 0.4) is 0 Å². The van der Waals surface area contributed by atoms with Gasteiger partial charge in [0.05, 0.1) is 12.7 Å². The van der Waals surface area contributed by atoms with E-state index < -0.39 is 10.2 Å². The lowest BCUT2D eigenvalue weighted by atomic mass is 9.82. The van der Waals surface area contributed by atoms with E-state index in [2.05, 4.69) is 24.5 Å². The first-order chi connectivity index (χ1) is 16.9. The molecule has 2 aromatic rings. The number of nitrogens with one attached hydrogen (secondary N) is 2. The number of rotatable bonds is 10. The Morgan fingerprint density at radius 1 is 1.14 bits per heavy atom. The zero-order chi connectivity index (χ0) is 24.7. The lowest BCUT2D eigenvalue weighted by molar-refractivity contribution is -0.00218. The Bertz CT molecular complexity index is 1030. The van der Waals surface area contributed by atoms with Gasteiger partial charge in [0, 0.05) is 37.8 Å². The Morgan fingerprint density at radius 2 is 1.97 bits per heavy atom. The molecule has 192 valence electrons. The van der Waals surface area contributed by atoms with Gasteiger partial charge in [-0.15, -0.1) is 5.10 Å². The summed E-state index contributed by atoms with van der Waals surface area (Å²) in [5, 5.41) is 8.21. The van der Waals surface area contributed by atoms with Crippen molar-refractivity contribution in [3.8, 4) is 0 Å². The van der Waals surface area contributed by atoms with Crippen LogP contribution in [0.5, 0.6) is 0 Å². The van der Waals surface area contributed by atoms with Gasteiger partial charge in [-0.3, -0.25) is 0 Å². The lowest BCUT2D eigenvalue weighted by Gasteiger charge is -2.40. The average molecular weight is 506 g/mol. The van der Waals surface area contributed by atoms with E-state index in [-0.39, 0.29) is 23.9 Å². The molecule has 1 aliphatic carbocycles. The fraction of sp³-hybridized carbons (Fsp3) is 0.600. The molecule has 2 fully saturated rings. The maximum atomic E-state index is 13.6. The second-order valence-corrected chi connectivity index (χ2v) is 11.1. The van der Waals surface area contributed by atoms with E-state index in [1.807, 2.05) is 25.1 Å². The van der Waals surface area contributed by atoms with Crippen LogP contribution in [0.2, 0.25) is 0 Å². The van der Waals surface area contributed by atoms with Crippen molar-refractivity contribution in [3.05, 3.63) is 54.0 Å². The fourth-order valence-corrected chi connectivity index (χ4v) is 6.35. The standard InChI is InChI=1S/C25H36FN5O3S/c1-2-13-28-35(32,33)30-24-12-15-31(25-7-4-14-27-29-25)17-21(24)18-34-23-10-8-19(9-11-23)20-5-3-6-22(26)16-20/h3-7,14,16,19,21,23-24,28,30H,2,8-13,15,17-18H2,1H3/t19?,21-,23?,24-/m0/s1. The maximum absolute atomic E-state index is 13.6. The van der Waals surface area contributed by atoms with E-state index in [9.17, 15) is 12.8 Å². The molecule has 0 radical (unpaired) electrons. The van der Waals surface area contributed by atoms with Crippen LogP contribution in [0.25, 0.3) is 0 Å². The second-order valence-electron chi connectivity index (χ2n) is 9.56. The zero-order valence-electron chi connectivity index (χ0n) is 20.3. The van der Waals surface area contributed by atoms with Gasteiger partial charge < -0.3 is 9.64 Å². The molecule has 0 amide bonds. The van der Waals surface area contributed by atoms with Gasteiger partial charge in [0.1, 0.15) is 5.82 Å². The SMILES string of the molecule is CCCNS(=O)(=O)N[C@H]1CCN(c2cccnn2)C[C@H]1COC1CCC(c2cccc(F)c2)CC1. The Morgan fingerprint density at radius 3 is 2.69 bits per heavy atom. The predicted octanol–water partition coefficient (Wildman–Crippen LogP) is 3.39. The molecule has 2 heterocycles. The second kappa shape index (κ2) is 12.2. The third-order valence-electron chi connectivity index (χ3n) is 7.01. The van der Waals surface area contributed by atoms with Crippen LogP contribution in [0.1, 0.15) is 56.9 Å². The van der Waals surface area contributed by atoms with Gasteiger partial charge in [-0.2, -0.15) is 18.2 Å². The molecule has 2 atom stereocenters. The van der Waals surface area contributed by atoms with Crippen LogP contribution in [0.4, 0.5) is 10.2 Å². The van der Waals surface area contributed by atoms with E-state index in [0.29, 0.717) is 38.6 Å². The molecule has 2 N–H and O–H groups in total. The third kappa shape index (κ3) is 7.42. The molecule has 35 heavy (non-hydrogen) atoms. The quantitative estimate of drug-likeness (QED) is 0.514. The first-order valence-electron chi connectivity index (χ1n) is 12.6. The largest absolute Gasteiger partial charge is 0.378 e. The number of anilines is 1.